The first-order valence-corrected chi connectivity index (χ1v) is 6.77. The van der Waals surface area contributed by atoms with E-state index in [-0.39, 0.29) is 10.7 Å². The van der Waals surface area contributed by atoms with Gasteiger partial charge in [-0.1, -0.05) is 27.7 Å². The van der Waals surface area contributed by atoms with Crippen molar-refractivity contribution in [2.45, 2.75) is 27.7 Å². The molecule has 0 saturated heterocycles. The molecule has 0 spiro atoms. The monoisotopic (exact) mass is 295 g/mol. The third-order valence-electron chi connectivity index (χ3n) is 3.49. The van der Waals surface area contributed by atoms with Crippen LogP contribution in [0.15, 0.2) is 12.7 Å². The first-order chi connectivity index (χ1) is 9.38. The number of nitrogens with zero attached hydrogens (tertiary/aromatic N) is 6. The zero-order valence-corrected chi connectivity index (χ0v) is 12.8. The van der Waals surface area contributed by atoms with Crippen LogP contribution in [0, 0.1) is 11.3 Å². The molecule has 2 aromatic rings. The Bertz CT molecular complexity index is 565. The van der Waals surface area contributed by atoms with Crippen molar-refractivity contribution in [1.82, 2.24) is 29.7 Å². The smallest absolute Gasteiger partial charge is 0.258 e. The van der Waals surface area contributed by atoms with Gasteiger partial charge in [0, 0.05) is 6.54 Å². The van der Waals surface area contributed by atoms with E-state index in [0.717, 1.165) is 6.54 Å². The fraction of sp³-hybridized carbons (Fsp3) is 0.583. The molecule has 1 N–H and O–H groups in total. The fourth-order valence-corrected chi connectivity index (χ4v) is 1.50. The zero-order valence-electron chi connectivity index (χ0n) is 12.0. The third kappa shape index (κ3) is 3.41. The Morgan fingerprint density at radius 2 is 2.05 bits per heavy atom. The minimum Gasteiger partial charge on any atom is -0.353 e. The minimum atomic E-state index is 0.118. The highest BCUT2D eigenvalue weighted by Crippen LogP contribution is 2.25. The summed E-state index contributed by atoms with van der Waals surface area (Å²) in [7, 11) is 0. The Kier molecular flexibility index (Phi) is 4.17. The summed E-state index contributed by atoms with van der Waals surface area (Å²) in [6, 6.07) is 0. The molecule has 7 nitrogen and oxygen atoms in total. The van der Waals surface area contributed by atoms with Crippen LogP contribution in [-0.4, -0.2) is 36.3 Å². The van der Waals surface area contributed by atoms with Crippen molar-refractivity contribution in [3.05, 3.63) is 17.9 Å². The third-order valence-corrected chi connectivity index (χ3v) is 3.65. The van der Waals surface area contributed by atoms with Gasteiger partial charge in [-0.05, 0) is 22.9 Å². The van der Waals surface area contributed by atoms with Gasteiger partial charge in [-0.2, -0.15) is 24.7 Å². The maximum absolute atomic E-state index is 5.92. The van der Waals surface area contributed by atoms with Crippen LogP contribution < -0.4 is 5.32 Å². The summed E-state index contributed by atoms with van der Waals surface area (Å²) in [5.74, 6) is 1.30. The van der Waals surface area contributed by atoms with E-state index in [9.17, 15) is 0 Å². The molecule has 0 aliphatic carbocycles. The van der Waals surface area contributed by atoms with Crippen molar-refractivity contribution in [3.63, 3.8) is 0 Å². The molecule has 20 heavy (non-hydrogen) atoms. The summed E-state index contributed by atoms with van der Waals surface area (Å²) in [6.45, 7) is 9.48. The molecule has 0 fully saturated rings. The van der Waals surface area contributed by atoms with E-state index >= 15 is 0 Å². The number of aromatic nitrogens is 6. The molecule has 0 amide bonds. The van der Waals surface area contributed by atoms with Gasteiger partial charge in [-0.15, -0.1) is 0 Å². The maximum Gasteiger partial charge on any atom is 0.258 e. The largest absolute Gasteiger partial charge is 0.353 e. The summed E-state index contributed by atoms with van der Waals surface area (Å²) in [6.07, 6.45) is 2.92. The van der Waals surface area contributed by atoms with E-state index in [1.807, 2.05) is 0 Å². The molecule has 0 unspecified atom stereocenters. The van der Waals surface area contributed by atoms with E-state index in [2.05, 4.69) is 58.0 Å². The van der Waals surface area contributed by atoms with E-state index in [1.165, 1.54) is 17.3 Å². The number of rotatable bonds is 5. The quantitative estimate of drug-likeness (QED) is 0.910. The second kappa shape index (κ2) is 5.70. The topological polar surface area (TPSA) is 81.4 Å². The second-order valence-corrected chi connectivity index (χ2v) is 5.90. The number of hydrogen-bond acceptors (Lipinski definition) is 6. The molecule has 0 radical (unpaired) electrons. The van der Waals surface area contributed by atoms with Crippen LogP contribution in [0.25, 0.3) is 5.95 Å². The van der Waals surface area contributed by atoms with Crippen LogP contribution in [0.4, 0.5) is 5.95 Å². The Balaban J connectivity index is 2.17. The number of halogens is 1. The van der Waals surface area contributed by atoms with Gasteiger partial charge < -0.3 is 5.32 Å². The summed E-state index contributed by atoms with van der Waals surface area (Å²) in [5, 5.41) is 7.29. The summed E-state index contributed by atoms with van der Waals surface area (Å²) < 4.78 is 1.44. The first kappa shape index (κ1) is 14.6. The lowest BCUT2D eigenvalue weighted by Gasteiger charge is -2.29. The standard InChI is InChI=1S/C12H18ClN7/c1-8(2)12(3,4)5-15-10-17-9(13)18-11(19-10)20-7-14-6-16-20/h6-8H,5H2,1-4H3,(H,15,17,18,19). The van der Waals surface area contributed by atoms with Crippen molar-refractivity contribution >= 4 is 17.5 Å². The van der Waals surface area contributed by atoms with Gasteiger partial charge in [0.2, 0.25) is 11.2 Å². The van der Waals surface area contributed by atoms with E-state index in [0.29, 0.717) is 17.8 Å². The lowest BCUT2D eigenvalue weighted by molar-refractivity contribution is 0.269. The minimum absolute atomic E-state index is 0.118. The molecule has 2 heterocycles. The maximum atomic E-state index is 5.92. The molecule has 0 saturated carbocycles. The van der Waals surface area contributed by atoms with Crippen molar-refractivity contribution in [1.29, 1.82) is 0 Å². The van der Waals surface area contributed by atoms with Crippen molar-refractivity contribution in [3.8, 4) is 5.95 Å². The van der Waals surface area contributed by atoms with Crippen LogP contribution >= 0.6 is 11.6 Å². The van der Waals surface area contributed by atoms with Gasteiger partial charge in [0.25, 0.3) is 5.95 Å². The molecular weight excluding hydrogens is 278 g/mol. The van der Waals surface area contributed by atoms with Crippen LogP contribution in [0.2, 0.25) is 5.28 Å². The van der Waals surface area contributed by atoms with E-state index in [4.69, 9.17) is 11.6 Å². The van der Waals surface area contributed by atoms with E-state index < -0.39 is 0 Å². The predicted octanol–water partition coefficient (Wildman–Crippen LogP) is 2.20. The summed E-state index contributed by atoms with van der Waals surface area (Å²) >= 11 is 5.92. The molecule has 0 aliphatic heterocycles. The molecule has 0 bridgehead atoms. The molecular formula is C12H18ClN7. The molecule has 2 aromatic heterocycles. The number of hydrogen-bond donors (Lipinski definition) is 1. The van der Waals surface area contributed by atoms with Gasteiger partial charge in [0.15, 0.2) is 0 Å². The number of anilines is 1. The Labute approximate surface area is 122 Å². The van der Waals surface area contributed by atoms with E-state index in [1.54, 1.807) is 0 Å². The summed E-state index contributed by atoms with van der Waals surface area (Å²) in [4.78, 5) is 16.2. The molecule has 0 aromatic carbocycles. The Morgan fingerprint density at radius 1 is 1.30 bits per heavy atom. The Hall–Kier alpha value is -1.76. The summed E-state index contributed by atoms with van der Waals surface area (Å²) in [5.41, 5.74) is 0.118. The van der Waals surface area contributed by atoms with Gasteiger partial charge in [-0.25, -0.2) is 4.98 Å². The first-order valence-electron chi connectivity index (χ1n) is 6.39. The van der Waals surface area contributed by atoms with Gasteiger partial charge >= 0.3 is 0 Å². The highest BCUT2D eigenvalue weighted by molar-refractivity contribution is 6.28. The van der Waals surface area contributed by atoms with Crippen LogP contribution in [-0.2, 0) is 0 Å². The van der Waals surface area contributed by atoms with Gasteiger partial charge in [0.1, 0.15) is 12.7 Å². The molecule has 108 valence electrons. The Morgan fingerprint density at radius 3 is 2.65 bits per heavy atom. The normalized spacial score (nSPS) is 11.9. The average Bonchev–Trinajstić information content (AvgIpc) is 2.89. The second-order valence-electron chi connectivity index (χ2n) is 5.56. The zero-order chi connectivity index (χ0) is 14.8. The molecule has 0 atom stereocenters. The van der Waals surface area contributed by atoms with Crippen LogP contribution in [0.1, 0.15) is 27.7 Å². The average molecular weight is 296 g/mol. The lowest BCUT2D eigenvalue weighted by Crippen LogP contribution is -2.29. The van der Waals surface area contributed by atoms with Crippen LogP contribution in [0.3, 0.4) is 0 Å². The fourth-order valence-electron chi connectivity index (χ4n) is 1.34. The molecule has 0 aliphatic rings. The highest BCUT2D eigenvalue weighted by Gasteiger charge is 2.22. The number of nitrogens with one attached hydrogen (secondary N) is 1. The van der Waals surface area contributed by atoms with Gasteiger partial charge in [0.05, 0.1) is 0 Å². The molecule has 8 heteroatoms. The predicted molar refractivity (Wildman–Crippen MR) is 76.9 cm³/mol. The van der Waals surface area contributed by atoms with Gasteiger partial charge in [-0.3, -0.25) is 0 Å². The molecule has 2 rings (SSSR count). The van der Waals surface area contributed by atoms with Crippen LogP contribution in [0.5, 0.6) is 0 Å². The van der Waals surface area contributed by atoms with Crippen molar-refractivity contribution in [2.24, 2.45) is 11.3 Å². The highest BCUT2D eigenvalue weighted by atomic mass is 35.5. The SMILES string of the molecule is CC(C)C(C)(C)CNc1nc(Cl)nc(-n2cncn2)n1. The van der Waals surface area contributed by atoms with Crippen molar-refractivity contribution in [2.75, 3.05) is 11.9 Å². The van der Waals surface area contributed by atoms with Crippen molar-refractivity contribution < 1.29 is 0 Å². The lowest BCUT2D eigenvalue weighted by atomic mass is 9.81.